The van der Waals surface area contributed by atoms with Crippen LogP contribution in [-0.2, 0) is 13.1 Å². The van der Waals surface area contributed by atoms with E-state index in [4.69, 9.17) is 0 Å². The van der Waals surface area contributed by atoms with Crippen molar-refractivity contribution in [1.82, 2.24) is 15.1 Å². The van der Waals surface area contributed by atoms with Gasteiger partial charge in [-0.2, -0.15) is 0 Å². The Bertz CT molecular complexity index is 414. The molecule has 0 radical (unpaired) electrons. The second-order valence-corrected chi connectivity index (χ2v) is 7.45. The Balaban J connectivity index is 1.87. The molecular weight excluding hydrogens is 266 g/mol. The average Bonchev–Trinajstić information content (AvgIpc) is 2.98. The third kappa shape index (κ3) is 4.29. The second kappa shape index (κ2) is 7.55. The number of hydrogen-bond donors (Lipinski definition) is 1. The van der Waals surface area contributed by atoms with Crippen LogP contribution in [0.3, 0.4) is 0 Å². The quantitative estimate of drug-likeness (QED) is 0.780. The average molecular weight is 295 g/mol. The van der Waals surface area contributed by atoms with E-state index in [1.165, 1.54) is 41.2 Å². The minimum absolute atomic E-state index is 0.736. The van der Waals surface area contributed by atoms with Gasteiger partial charge in [0.2, 0.25) is 0 Å². The number of hydrogen-bond acceptors (Lipinski definition) is 4. The topological polar surface area (TPSA) is 18.5 Å². The van der Waals surface area contributed by atoms with Crippen LogP contribution in [0, 0.1) is 6.92 Å². The van der Waals surface area contributed by atoms with Crippen molar-refractivity contribution in [3.63, 3.8) is 0 Å². The maximum Gasteiger partial charge on any atom is 0.0299 e. The molecule has 0 aliphatic carbocycles. The van der Waals surface area contributed by atoms with Gasteiger partial charge in [0, 0.05) is 42.0 Å². The van der Waals surface area contributed by atoms with Crippen molar-refractivity contribution in [3.05, 3.63) is 21.4 Å². The molecule has 1 aromatic rings. The van der Waals surface area contributed by atoms with E-state index in [0.29, 0.717) is 0 Å². The summed E-state index contributed by atoms with van der Waals surface area (Å²) in [6.45, 7) is 10.2. The maximum absolute atomic E-state index is 3.50. The molecule has 0 bridgehead atoms. The number of rotatable bonds is 7. The lowest BCUT2D eigenvalue weighted by molar-refractivity contribution is 0.264. The fourth-order valence-corrected chi connectivity index (χ4v) is 3.86. The van der Waals surface area contributed by atoms with Crippen LogP contribution >= 0.6 is 11.3 Å². The first kappa shape index (κ1) is 16.0. The summed E-state index contributed by atoms with van der Waals surface area (Å²) in [7, 11) is 4.39. The van der Waals surface area contributed by atoms with Crippen LogP contribution in [0.2, 0.25) is 0 Å². The Kier molecular flexibility index (Phi) is 6.02. The Hall–Kier alpha value is -0.420. The lowest BCUT2D eigenvalue weighted by atomic mass is 10.2. The third-order valence-corrected chi connectivity index (χ3v) is 5.26. The molecule has 2 heterocycles. The van der Waals surface area contributed by atoms with Gasteiger partial charge in [0.05, 0.1) is 0 Å². The number of aryl methyl sites for hydroxylation is 1. The summed E-state index contributed by atoms with van der Waals surface area (Å²) in [5, 5.41) is 3.50. The van der Waals surface area contributed by atoms with E-state index in [2.05, 4.69) is 49.1 Å². The van der Waals surface area contributed by atoms with Crippen LogP contribution in [0.1, 0.15) is 35.1 Å². The summed E-state index contributed by atoms with van der Waals surface area (Å²) in [6, 6.07) is 3.14. The van der Waals surface area contributed by atoms with Crippen LogP contribution in [0.15, 0.2) is 6.07 Å². The molecule has 3 nitrogen and oxygen atoms in total. The number of nitrogens with zero attached hydrogens (tertiary/aromatic N) is 2. The van der Waals surface area contributed by atoms with Crippen molar-refractivity contribution in [2.24, 2.45) is 0 Å². The Morgan fingerprint density at radius 2 is 2.25 bits per heavy atom. The fraction of sp³-hybridized carbons (Fsp3) is 0.750. The first-order chi connectivity index (χ1) is 9.60. The molecule has 114 valence electrons. The van der Waals surface area contributed by atoms with Crippen LogP contribution in [0.5, 0.6) is 0 Å². The van der Waals surface area contributed by atoms with Gasteiger partial charge in [-0.3, -0.25) is 4.90 Å². The number of likely N-dealkylation sites (tertiary alicyclic amines) is 1. The molecule has 1 N–H and O–H groups in total. The largest absolute Gasteiger partial charge is 0.312 e. The van der Waals surface area contributed by atoms with Gasteiger partial charge in [-0.05, 0) is 52.0 Å². The molecule has 2 rings (SSSR count). The molecule has 4 heteroatoms. The first-order valence-electron chi connectivity index (χ1n) is 7.77. The van der Waals surface area contributed by atoms with E-state index in [1.807, 2.05) is 11.3 Å². The molecule has 1 fully saturated rings. The van der Waals surface area contributed by atoms with Crippen molar-refractivity contribution in [1.29, 1.82) is 0 Å². The molecule has 1 aromatic heterocycles. The minimum Gasteiger partial charge on any atom is -0.312 e. The van der Waals surface area contributed by atoms with E-state index in [-0.39, 0.29) is 0 Å². The monoisotopic (exact) mass is 295 g/mol. The Morgan fingerprint density at radius 3 is 2.90 bits per heavy atom. The summed E-state index contributed by atoms with van der Waals surface area (Å²) in [5.74, 6) is 0. The van der Waals surface area contributed by atoms with Crippen LogP contribution in [-0.4, -0.2) is 49.6 Å². The first-order valence-corrected chi connectivity index (χ1v) is 8.59. The summed E-state index contributed by atoms with van der Waals surface area (Å²) in [4.78, 5) is 7.93. The van der Waals surface area contributed by atoms with Crippen molar-refractivity contribution in [2.75, 3.05) is 33.7 Å². The Labute approximate surface area is 128 Å². The van der Waals surface area contributed by atoms with Crippen molar-refractivity contribution in [3.8, 4) is 0 Å². The molecule has 0 aromatic carbocycles. The SMILES string of the molecule is CCCNCc1cc(CN2CCC(N(C)C)C2)c(C)s1. The van der Waals surface area contributed by atoms with Crippen molar-refractivity contribution < 1.29 is 0 Å². The smallest absolute Gasteiger partial charge is 0.0299 e. The van der Waals surface area contributed by atoms with Crippen molar-refractivity contribution in [2.45, 2.75) is 45.8 Å². The highest BCUT2D eigenvalue weighted by Crippen LogP contribution is 2.25. The standard InChI is InChI=1S/C16H29N3S/c1-5-7-17-10-16-9-14(13(2)20-16)11-19-8-6-15(12-19)18(3)4/h9,15,17H,5-8,10-12H2,1-4H3. The van der Waals surface area contributed by atoms with E-state index in [0.717, 1.165) is 25.7 Å². The lowest BCUT2D eigenvalue weighted by Gasteiger charge is -2.20. The minimum atomic E-state index is 0.736. The van der Waals surface area contributed by atoms with E-state index >= 15 is 0 Å². The zero-order valence-electron chi connectivity index (χ0n) is 13.4. The predicted molar refractivity (Wildman–Crippen MR) is 88.4 cm³/mol. The third-order valence-electron chi connectivity index (χ3n) is 4.17. The van der Waals surface area contributed by atoms with Crippen molar-refractivity contribution >= 4 is 11.3 Å². The highest BCUT2D eigenvalue weighted by molar-refractivity contribution is 7.12. The number of likely N-dealkylation sites (N-methyl/N-ethyl adjacent to an activating group) is 1. The number of thiophene rings is 1. The molecule has 1 aliphatic rings. The summed E-state index contributed by atoms with van der Waals surface area (Å²) < 4.78 is 0. The van der Waals surface area contributed by atoms with E-state index in [9.17, 15) is 0 Å². The summed E-state index contributed by atoms with van der Waals surface area (Å²) >= 11 is 1.96. The fourth-order valence-electron chi connectivity index (χ4n) is 2.84. The molecule has 0 saturated carbocycles. The number of nitrogens with one attached hydrogen (secondary N) is 1. The molecule has 1 saturated heterocycles. The van der Waals surface area contributed by atoms with Gasteiger partial charge in [0.1, 0.15) is 0 Å². The maximum atomic E-state index is 3.50. The van der Waals surface area contributed by atoms with Gasteiger partial charge >= 0.3 is 0 Å². The predicted octanol–water partition coefficient (Wildman–Crippen LogP) is 2.69. The molecule has 1 atom stereocenters. The highest BCUT2D eigenvalue weighted by Gasteiger charge is 2.24. The highest BCUT2D eigenvalue weighted by atomic mass is 32.1. The lowest BCUT2D eigenvalue weighted by Crippen LogP contribution is -2.31. The molecule has 20 heavy (non-hydrogen) atoms. The van der Waals surface area contributed by atoms with Gasteiger partial charge in [-0.1, -0.05) is 6.92 Å². The van der Waals surface area contributed by atoms with Gasteiger partial charge in [0.15, 0.2) is 0 Å². The van der Waals surface area contributed by atoms with Crippen LogP contribution in [0.25, 0.3) is 0 Å². The van der Waals surface area contributed by atoms with Crippen LogP contribution < -0.4 is 5.32 Å². The zero-order valence-corrected chi connectivity index (χ0v) is 14.2. The summed E-state index contributed by atoms with van der Waals surface area (Å²) in [6.07, 6.45) is 2.51. The molecule has 1 unspecified atom stereocenters. The molecule has 0 spiro atoms. The zero-order chi connectivity index (χ0) is 14.5. The normalized spacial score (nSPS) is 20.1. The second-order valence-electron chi connectivity index (χ2n) is 6.11. The molecular formula is C16H29N3S. The van der Waals surface area contributed by atoms with E-state index < -0.39 is 0 Å². The van der Waals surface area contributed by atoms with Gasteiger partial charge in [-0.25, -0.2) is 0 Å². The van der Waals surface area contributed by atoms with Gasteiger partial charge in [-0.15, -0.1) is 11.3 Å². The van der Waals surface area contributed by atoms with E-state index in [1.54, 1.807) is 0 Å². The van der Waals surface area contributed by atoms with Crippen LogP contribution in [0.4, 0.5) is 0 Å². The van der Waals surface area contributed by atoms with Gasteiger partial charge < -0.3 is 10.2 Å². The Morgan fingerprint density at radius 1 is 1.45 bits per heavy atom. The van der Waals surface area contributed by atoms with Gasteiger partial charge in [0.25, 0.3) is 0 Å². The molecule has 0 amide bonds. The molecule has 1 aliphatic heterocycles. The summed E-state index contributed by atoms with van der Waals surface area (Å²) in [5.41, 5.74) is 1.53.